The van der Waals surface area contributed by atoms with E-state index in [2.05, 4.69) is 15.3 Å². The van der Waals surface area contributed by atoms with Crippen LogP contribution < -0.4 is 10.6 Å². The molecule has 0 saturated carbocycles. The van der Waals surface area contributed by atoms with Gasteiger partial charge in [-0.3, -0.25) is 0 Å². The molecule has 2 atom stereocenters. The van der Waals surface area contributed by atoms with Crippen molar-refractivity contribution < 1.29 is 9.84 Å². The molecule has 3 heterocycles. The van der Waals surface area contributed by atoms with Gasteiger partial charge in [0.25, 0.3) is 0 Å². The number of nitrogens with one attached hydrogen (secondary N) is 1. The van der Waals surface area contributed by atoms with Crippen LogP contribution in [0.5, 0.6) is 0 Å². The maximum absolute atomic E-state index is 11.5. The molecule has 2 aromatic rings. The summed E-state index contributed by atoms with van der Waals surface area (Å²) < 4.78 is 6.71. The number of ether oxygens (including phenoxy) is 1. The number of hydrogen-bond acceptors (Lipinski definition) is 6. The Kier molecular flexibility index (Phi) is 2.96. The minimum atomic E-state index is -0.364. The van der Waals surface area contributed by atoms with Crippen molar-refractivity contribution in [1.82, 2.24) is 19.8 Å². The number of anilines is 1. The first-order valence-electron chi connectivity index (χ1n) is 6.12. The first kappa shape index (κ1) is 12.1. The van der Waals surface area contributed by atoms with Crippen molar-refractivity contribution in [3.63, 3.8) is 0 Å². The van der Waals surface area contributed by atoms with Crippen molar-refractivity contribution in [2.45, 2.75) is 19.1 Å². The number of aliphatic hydroxyl groups excluding tert-OH is 1. The lowest BCUT2D eigenvalue weighted by Gasteiger charge is -2.38. The Labute approximate surface area is 108 Å². The van der Waals surface area contributed by atoms with Crippen molar-refractivity contribution in [2.75, 3.05) is 24.7 Å². The second-order valence-corrected chi connectivity index (χ2v) is 4.63. The zero-order valence-corrected chi connectivity index (χ0v) is 10.5. The molecule has 0 aliphatic carbocycles. The predicted octanol–water partition coefficient (Wildman–Crippen LogP) is -0.996. The molecule has 0 radical (unpaired) electrons. The first-order chi connectivity index (χ1) is 9.19. The number of fused-ring (bicyclic) bond motifs is 1. The molecular formula is C11H15N5O3. The lowest BCUT2D eigenvalue weighted by Crippen LogP contribution is -2.50. The fourth-order valence-corrected chi connectivity index (χ4v) is 2.19. The summed E-state index contributed by atoms with van der Waals surface area (Å²) in [5.74, 6) is 0.672. The van der Waals surface area contributed by atoms with Crippen LogP contribution in [0.2, 0.25) is 0 Å². The van der Waals surface area contributed by atoms with Gasteiger partial charge in [-0.2, -0.15) is 9.61 Å². The van der Waals surface area contributed by atoms with E-state index < -0.39 is 0 Å². The Hall–Kier alpha value is -1.93. The SMILES string of the molecule is CC1COC(CO)CN1c1ccc2n[nH]c(=O)n2n1. The van der Waals surface area contributed by atoms with E-state index in [0.29, 0.717) is 24.6 Å². The zero-order valence-electron chi connectivity index (χ0n) is 10.5. The van der Waals surface area contributed by atoms with E-state index >= 15 is 0 Å². The highest BCUT2D eigenvalue weighted by atomic mass is 16.5. The molecule has 2 unspecified atom stereocenters. The lowest BCUT2D eigenvalue weighted by molar-refractivity contribution is -0.0106. The molecule has 3 rings (SSSR count). The molecule has 1 aliphatic rings. The summed E-state index contributed by atoms with van der Waals surface area (Å²) in [4.78, 5) is 13.5. The van der Waals surface area contributed by atoms with Gasteiger partial charge in [-0.05, 0) is 19.1 Å². The van der Waals surface area contributed by atoms with E-state index in [1.807, 2.05) is 17.9 Å². The molecular weight excluding hydrogens is 250 g/mol. The van der Waals surface area contributed by atoms with Crippen molar-refractivity contribution in [3.05, 3.63) is 22.6 Å². The highest BCUT2D eigenvalue weighted by Crippen LogP contribution is 2.19. The van der Waals surface area contributed by atoms with Gasteiger partial charge in [0, 0.05) is 6.54 Å². The molecule has 8 nitrogen and oxygen atoms in total. The molecule has 0 spiro atoms. The minimum absolute atomic E-state index is 0.0306. The van der Waals surface area contributed by atoms with Gasteiger partial charge in [0.2, 0.25) is 0 Å². The second kappa shape index (κ2) is 4.63. The molecule has 0 bridgehead atoms. The standard InChI is InChI=1S/C11H15N5O3/c1-7-6-19-8(5-17)4-15(7)10-3-2-9-12-13-11(18)16(9)14-10/h2-3,7-8,17H,4-6H2,1H3,(H,13,18). The molecule has 0 aromatic carbocycles. The molecule has 1 fully saturated rings. The van der Waals surface area contributed by atoms with Gasteiger partial charge in [0.1, 0.15) is 5.82 Å². The quantitative estimate of drug-likeness (QED) is 0.723. The van der Waals surface area contributed by atoms with Crippen LogP contribution in [0.1, 0.15) is 6.92 Å². The predicted molar refractivity (Wildman–Crippen MR) is 67.2 cm³/mol. The van der Waals surface area contributed by atoms with Crippen LogP contribution in [0.4, 0.5) is 5.82 Å². The summed E-state index contributed by atoms with van der Waals surface area (Å²) in [7, 11) is 0. The van der Waals surface area contributed by atoms with E-state index in [4.69, 9.17) is 4.74 Å². The van der Waals surface area contributed by atoms with E-state index in [9.17, 15) is 9.90 Å². The third-order valence-electron chi connectivity index (χ3n) is 3.26. The Morgan fingerprint density at radius 2 is 2.42 bits per heavy atom. The van der Waals surface area contributed by atoms with Crippen molar-refractivity contribution >= 4 is 11.5 Å². The number of hydrogen-bond donors (Lipinski definition) is 2. The van der Waals surface area contributed by atoms with Gasteiger partial charge in [0.05, 0.1) is 25.4 Å². The number of aromatic nitrogens is 4. The largest absolute Gasteiger partial charge is 0.394 e. The summed E-state index contributed by atoms with van der Waals surface area (Å²) in [6.45, 7) is 3.04. The van der Waals surface area contributed by atoms with Gasteiger partial charge >= 0.3 is 5.69 Å². The summed E-state index contributed by atoms with van der Waals surface area (Å²) in [5, 5.41) is 19.6. The summed E-state index contributed by atoms with van der Waals surface area (Å²) in [6.07, 6.45) is -0.227. The average molecular weight is 265 g/mol. The fraction of sp³-hybridized carbons (Fsp3) is 0.545. The second-order valence-electron chi connectivity index (χ2n) is 4.63. The molecule has 1 saturated heterocycles. The maximum Gasteiger partial charge on any atom is 0.364 e. The van der Waals surface area contributed by atoms with Crippen LogP contribution in [0.25, 0.3) is 5.65 Å². The number of nitrogens with zero attached hydrogens (tertiary/aromatic N) is 4. The van der Waals surface area contributed by atoms with Gasteiger partial charge in [-0.25, -0.2) is 9.89 Å². The molecule has 8 heteroatoms. The van der Waals surface area contributed by atoms with E-state index in [1.54, 1.807) is 6.07 Å². The van der Waals surface area contributed by atoms with Crippen molar-refractivity contribution in [3.8, 4) is 0 Å². The smallest absolute Gasteiger partial charge is 0.364 e. The maximum atomic E-state index is 11.5. The topological polar surface area (TPSA) is 95.8 Å². The fourth-order valence-electron chi connectivity index (χ4n) is 2.19. The van der Waals surface area contributed by atoms with Crippen molar-refractivity contribution in [1.29, 1.82) is 0 Å². The van der Waals surface area contributed by atoms with Crippen LogP contribution >= 0.6 is 0 Å². The molecule has 19 heavy (non-hydrogen) atoms. The number of morpholine rings is 1. The minimum Gasteiger partial charge on any atom is -0.394 e. The Morgan fingerprint density at radius 1 is 1.58 bits per heavy atom. The number of H-pyrrole nitrogens is 1. The monoisotopic (exact) mass is 265 g/mol. The average Bonchev–Trinajstić information content (AvgIpc) is 2.81. The van der Waals surface area contributed by atoms with Gasteiger partial charge in [0.15, 0.2) is 5.65 Å². The number of aromatic amines is 1. The van der Waals surface area contributed by atoms with Crippen LogP contribution in [0.3, 0.4) is 0 Å². The lowest BCUT2D eigenvalue weighted by atomic mass is 10.2. The zero-order chi connectivity index (χ0) is 13.4. The van der Waals surface area contributed by atoms with Crippen LogP contribution in [0, 0.1) is 0 Å². The van der Waals surface area contributed by atoms with Crippen LogP contribution in [0.15, 0.2) is 16.9 Å². The third-order valence-corrected chi connectivity index (χ3v) is 3.26. The molecule has 2 aromatic heterocycles. The van der Waals surface area contributed by atoms with Crippen LogP contribution in [-0.2, 0) is 4.74 Å². The highest BCUT2D eigenvalue weighted by molar-refractivity contribution is 5.46. The van der Waals surface area contributed by atoms with Gasteiger partial charge < -0.3 is 14.7 Å². The van der Waals surface area contributed by atoms with E-state index in [1.165, 1.54) is 4.52 Å². The van der Waals surface area contributed by atoms with Crippen LogP contribution in [-0.4, -0.2) is 56.8 Å². The molecule has 0 amide bonds. The molecule has 102 valence electrons. The van der Waals surface area contributed by atoms with Gasteiger partial charge in [-0.15, -0.1) is 5.10 Å². The summed E-state index contributed by atoms with van der Waals surface area (Å²) in [5.41, 5.74) is 0.116. The highest BCUT2D eigenvalue weighted by Gasteiger charge is 2.27. The third kappa shape index (κ3) is 2.08. The van der Waals surface area contributed by atoms with Gasteiger partial charge in [-0.1, -0.05) is 0 Å². The van der Waals surface area contributed by atoms with E-state index in [-0.39, 0.29) is 24.4 Å². The summed E-state index contributed by atoms with van der Waals surface area (Å²) >= 11 is 0. The first-order valence-corrected chi connectivity index (χ1v) is 6.12. The molecule has 2 N–H and O–H groups in total. The van der Waals surface area contributed by atoms with E-state index in [0.717, 1.165) is 0 Å². The summed E-state index contributed by atoms with van der Waals surface area (Å²) in [6, 6.07) is 3.68. The Balaban J connectivity index is 1.97. The van der Waals surface area contributed by atoms with Crippen molar-refractivity contribution in [2.24, 2.45) is 0 Å². The number of rotatable bonds is 2. The molecule has 1 aliphatic heterocycles. The normalized spacial score (nSPS) is 24.0. The Morgan fingerprint density at radius 3 is 3.21 bits per heavy atom. The number of aliphatic hydroxyl groups is 1. The Bertz CT molecular complexity index is 637.